The molecule has 1 aromatic carbocycles. The fraction of sp³-hybridized carbons (Fsp3) is 0.346. The predicted octanol–water partition coefficient (Wildman–Crippen LogP) is 5.35. The van der Waals surface area contributed by atoms with E-state index in [4.69, 9.17) is 32.7 Å². The van der Waals surface area contributed by atoms with Crippen molar-refractivity contribution in [2.45, 2.75) is 20.0 Å². The fourth-order valence-electron chi connectivity index (χ4n) is 5.03. The lowest BCUT2D eigenvalue weighted by atomic mass is 9.84. The first-order valence-corrected chi connectivity index (χ1v) is 14.7. The number of halogens is 2. The number of H-pyrrole nitrogens is 1. The average Bonchev–Trinajstić information content (AvgIpc) is 3.23. The summed E-state index contributed by atoms with van der Waals surface area (Å²) in [6.07, 6.45) is 5.63. The van der Waals surface area contributed by atoms with Crippen molar-refractivity contribution in [1.82, 2.24) is 20.2 Å². The molecule has 1 N–H and O–H groups in total. The highest BCUT2D eigenvalue weighted by molar-refractivity contribution is 7.90. The van der Waals surface area contributed by atoms with Crippen LogP contribution in [0.15, 0.2) is 42.9 Å². The van der Waals surface area contributed by atoms with Crippen molar-refractivity contribution < 1.29 is 17.9 Å². The fourth-order valence-corrected chi connectivity index (χ4v) is 7.15. The van der Waals surface area contributed by atoms with Gasteiger partial charge in [-0.2, -0.15) is 5.10 Å². The zero-order chi connectivity index (χ0) is 27.2. The predicted molar refractivity (Wildman–Crippen MR) is 149 cm³/mol. The van der Waals surface area contributed by atoms with Crippen LogP contribution < -0.4 is 14.4 Å². The third kappa shape index (κ3) is 5.25. The zero-order valence-electron chi connectivity index (χ0n) is 21.3. The number of rotatable bonds is 8. The molecular weight excluding hydrogens is 549 g/mol. The number of pyridine rings is 2. The minimum atomic E-state index is -3.04. The highest BCUT2D eigenvalue weighted by atomic mass is 35.5. The summed E-state index contributed by atoms with van der Waals surface area (Å²) in [5.41, 5.74) is 2.69. The van der Waals surface area contributed by atoms with E-state index in [9.17, 15) is 8.42 Å². The molecule has 200 valence electrons. The molecule has 0 bridgehead atoms. The van der Waals surface area contributed by atoms with Crippen LogP contribution >= 0.6 is 23.2 Å². The summed E-state index contributed by atoms with van der Waals surface area (Å²) >= 11 is 12.7. The minimum absolute atomic E-state index is 0.167. The minimum Gasteiger partial charge on any atom is -0.493 e. The van der Waals surface area contributed by atoms with Crippen LogP contribution in [0.2, 0.25) is 10.0 Å². The van der Waals surface area contributed by atoms with Crippen molar-refractivity contribution in [3.63, 3.8) is 0 Å². The van der Waals surface area contributed by atoms with Crippen LogP contribution in [0.25, 0.3) is 22.2 Å². The lowest BCUT2D eigenvalue weighted by molar-refractivity contribution is 0.216. The zero-order valence-corrected chi connectivity index (χ0v) is 23.7. The second-order valence-electron chi connectivity index (χ2n) is 10.0. The molecule has 0 saturated carbocycles. The number of aromatic nitrogens is 4. The van der Waals surface area contributed by atoms with Crippen LogP contribution in [0.1, 0.15) is 25.5 Å². The van der Waals surface area contributed by atoms with E-state index in [1.165, 1.54) is 18.6 Å². The number of benzene rings is 1. The Balaban J connectivity index is 1.40. The molecular formula is C26H27Cl2N5O4S. The largest absolute Gasteiger partial charge is 0.493 e. The molecule has 1 aliphatic rings. The maximum absolute atomic E-state index is 11.7. The van der Waals surface area contributed by atoms with Crippen LogP contribution in [-0.4, -0.2) is 60.8 Å². The molecule has 0 spiro atoms. The molecule has 0 unspecified atom stereocenters. The maximum atomic E-state index is 11.7. The van der Waals surface area contributed by atoms with Gasteiger partial charge in [-0.25, -0.2) is 13.4 Å². The summed E-state index contributed by atoms with van der Waals surface area (Å²) < 4.78 is 35.2. The second kappa shape index (κ2) is 9.91. The molecule has 3 aromatic heterocycles. The van der Waals surface area contributed by atoms with Gasteiger partial charge in [0.2, 0.25) is 0 Å². The number of anilines is 1. The van der Waals surface area contributed by atoms with Gasteiger partial charge in [-0.1, -0.05) is 30.1 Å². The summed E-state index contributed by atoms with van der Waals surface area (Å²) in [5.74, 6) is 2.00. The van der Waals surface area contributed by atoms with E-state index in [1.807, 2.05) is 38.1 Å². The van der Waals surface area contributed by atoms with Crippen molar-refractivity contribution in [2.75, 3.05) is 37.1 Å². The van der Waals surface area contributed by atoms with Crippen molar-refractivity contribution in [1.29, 1.82) is 0 Å². The highest BCUT2D eigenvalue weighted by Crippen LogP contribution is 2.40. The first-order valence-electron chi connectivity index (χ1n) is 11.9. The summed E-state index contributed by atoms with van der Waals surface area (Å²) in [6.45, 7) is 5.12. The Morgan fingerprint density at radius 3 is 2.45 bits per heavy atom. The van der Waals surface area contributed by atoms with Crippen LogP contribution in [0.4, 0.5) is 5.82 Å². The Kier molecular flexibility index (Phi) is 6.91. The van der Waals surface area contributed by atoms with E-state index in [2.05, 4.69) is 25.1 Å². The number of sulfone groups is 1. The number of hydrogen-bond donors (Lipinski definition) is 1. The summed E-state index contributed by atoms with van der Waals surface area (Å²) in [7, 11) is -1.46. The number of ether oxygens (including phenoxy) is 2. The number of nitrogens with zero attached hydrogens (tertiary/aromatic N) is 4. The average molecular weight is 577 g/mol. The van der Waals surface area contributed by atoms with Gasteiger partial charge in [-0.05, 0) is 25.1 Å². The van der Waals surface area contributed by atoms with Gasteiger partial charge in [0.1, 0.15) is 27.5 Å². The lowest BCUT2D eigenvalue weighted by Crippen LogP contribution is -2.58. The molecule has 9 nitrogen and oxygen atoms in total. The van der Waals surface area contributed by atoms with Crippen molar-refractivity contribution in [2.24, 2.45) is 5.41 Å². The summed E-state index contributed by atoms with van der Waals surface area (Å²) in [6, 6.07) is 7.57. The Labute approximate surface area is 231 Å². The van der Waals surface area contributed by atoms with Crippen molar-refractivity contribution in [3.8, 4) is 22.8 Å². The molecule has 5 rings (SSSR count). The SMILES string of the molecule is COc1cc2[nH]nc(-c3ccc(N4CC(C)(CS(C)(=O)=O)C4)nc3)c2cc1O[C@H](C)c1c(Cl)cncc1Cl. The number of hydrogen-bond acceptors (Lipinski definition) is 8. The molecule has 0 aliphatic carbocycles. The molecule has 1 fully saturated rings. The van der Waals surface area contributed by atoms with E-state index in [0.717, 1.165) is 22.3 Å². The second-order valence-corrected chi connectivity index (χ2v) is 13.0. The van der Waals surface area contributed by atoms with Gasteiger partial charge in [-0.15, -0.1) is 0 Å². The Bertz CT molecular complexity index is 1580. The topological polar surface area (TPSA) is 110 Å². The molecule has 4 heterocycles. The number of fused-ring (bicyclic) bond motifs is 1. The molecule has 38 heavy (non-hydrogen) atoms. The number of nitrogens with one attached hydrogen (secondary N) is 1. The van der Waals surface area contributed by atoms with Crippen LogP contribution in [0, 0.1) is 5.41 Å². The number of methoxy groups -OCH3 is 1. The Hall–Kier alpha value is -3.08. The van der Waals surface area contributed by atoms with Crippen LogP contribution in [0.5, 0.6) is 11.5 Å². The molecule has 0 amide bonds. The van der Waals surface area contributed by atoms with E-state index < -0.39 is 15.9 Å². The van der Waals surface area contributed by atoms with E-state index >= 15 is 0 Å². The standard InChI is InChI=1S/C26H27Cl2N5O4S/c1-15(24-18(27)10-29-11-19(24)28)37-22-7-17-20(8-21(22)36-3)31-32-25(17)16-5-6-23(30-9-16)33-12-26(2,13-33)14-38(4,34)35/h5-11,15H,12-14H2,1-4H3,(H,31,32)/t15-/m1/s1. The van der Waals surface area contributed by atoms with Gasteiger partial charge in [0.05, 0.1) is 28.4 Å². The van der Waals surface area contributed by atoms with Gasteiger partial charge < -0.3 is 14.4 Å². The first kappa shape index (κ1) is 26.5. The highest BCUT2D eigenvalue weighted by Gasteiger charge is 2.41. The van der Waals surface area contributed by atoms with Gasteiger partial charge in [0.25, 0.3) is 0 Å². The van der Waals surface area contributed by atoms with E-state index in [1.54, 1.807) is 13.3 Å². The Morgan fingerprint density at radius 1 is 1.13 bits per heavy atom. The molecule has 1 aliphatic heterocycles. The summed E-state index contributed by atoms with van der Waals surface area (Å²) in [4.78, 5) is 10.7. The Morgan fingerprint density at radius 2 is 1.84 bits per heavy atom. The molecule has 1 atom stereocenters. The third-order valence-corrected chi connectivity index (χ3v) is 8.37. The van der Waals surface area contributed by atoms with Gasteiger partial charge in [-0.3, -0.25) is 10.1 Å². The van der Waals surface area contributed by atoms with Gasteiger partial charge >= 0.3 is 0 Å². The van der Waals surface area contributed by atoms with Crippen molar-refractivity contribution >= 4 is 49.8 Å². The third-order valence-electron chi connectivity index (χ3n) is 6.55. The van der Waals surface area contributed by atoms with Crippen LogP contribution in [0.3, 0.4) is 0 Å². The van der Waals surface area contributed by atoms with Gasteiger partial charge in [0, 0.05) is 65.9 Å². The molecule has 1 saturated heterocycles. The normalized spacial score (nSPS) is 15.8. The summed E-state index contributed by atoms with van der Waals surface area (Å²) in [5, 5.41) is 9.23. The quantitative estimate of drug-likeness (QED) is 0.299. The van der Waals surface area contributed by atoms with Crippen LogP contribution in [-0.2, 0) is 9.84 Å². The van der Waals surface area contributed by atoms with E-state index in [0.29, 0.717) is 45.9 Å². The lowest BCUT2D eigenvalue weighted by Gasteiger charge is -2.48. The first-order chi connectivity index (χ1) is 18.0. The van der Waals surface area contributed by atoms with Gasteiger partial charge in [0.15, 0.2) is 11.5 Å². The molecule has 0 radical (unpaired) electrons. The molecule has 4 aromatic rings. The smallest absolute Gasteiger partial charge is 0.162 e. The molecule has 12 heteroatoms. The number of aromatic amines is 1. The monoisotopic (exact) mass is 575 g/mol. The van der Waals surface area contributed by atoms with Crippen molar-refractivity contribution in [3.05, 3.63) is 58.5 Å². The maximum Gasteiger partial charge on any atom is 0.162 e. The van der Waals surface area contributed by atoms with E-state index in [-0.39, 0.29) is 11.2 Å².